The molecule has 0 heterocycles. The number of nitro groups is 1. The van der Waals surface area contributed by atoms with Crippen LogP contribution < -0.4 is 10.6 Å². The number of halogens is 4. The number of hydrogen-bond acceptors (Lipinski definition) is 4. The largest absolute Gasteiger partial charge is 0.416 e. The van der Waals surface area contributed by atoms with Gasteiger partial charge in [0.15, 0.2) is 0 Å². The summed E-state index contributed by atoms with van der Waals surface area (Å²) in [4.78, 5) is 35.5. The van der Waals surface area contributed by atoms with E-state index in [0.717, 1.165) is 24.3 Å². The standard InChI is InChI=1S/C21H21ClF3N3O4/c1-11(2)18(27-19(29)16-8-7-15(28(31)32)10-17(16)22)20(30)26-12(3)13-5-4-6-14(9-13)21(23,24)25/h4-12,18H,1-3H3,(H,26,30)(H,27,29)/t12?,18-/m0/s1. The first-order valence-corrected chi connectivity index (χ1v) is 9.91. The van der Waals surface area contributed by atoms with E-state index in [1.54, 1.807) is 13.8 Å². The highest BCUT2D eigenvalue weighted by atomic mass is 35.5. The van der Waals surface area contributed by atoms with Crippen LogP contribution in [-0.2, 0) is 11.0 Å². The van der Waals surface area contributed by atoms with Gasteiger partial charge in [-0.1, -0.05) is 37.6 Å². The minimum Gasteiger partial charge on any atom is -0.348 e. The Kier molecular flexibility index (Phi) is 7.84. The van der Waals surface area contributed by atoms with Crippen molar-refractivity contribution in [3.63, 3.8) is 0 Å². The molecule has 32 heavy (non-hydrogen) atoms. The van der Waals surface area contributed by atoms with Gasteiger partial charge in [-0.2, -0.15) is 13.2 Å². The fourth-order valence-corrected chi connectivity index (χ4v) is 3.19. The zero-order chi connectivity index (χ0) is 24.2. The molecule has 0 spiro atoms. The van der Waals surface area contributed by atoms with E-state index in [4.69, 9.17) is 11.6 Å². The van der Waals surface area contributed by atoms with Crippen molar-refractivity contribution in [1.82, 2.24) is 10.6 Å². The van der Waals surface area contributed by atoms with E-state index in [1.165, 1.54) is 25.1 Å². The van der Waals surface area contributed by atoms with E-state index < -0.39 is 40.6 Å². The van der Waals surface area contributed by atoms with Crippen LogP contribution in [0.5, 0.6) is 0 Å². The Bertz CT molecular complexity index is 1030. The number of rotatable bonds is 7. The van der Waals surface area contributed by atoms with E-state index in [1.807, 2.05) is 0 Å². The maximum absolute atomic E-state index is 13.0. The van der Waals surface area contributed by atoms with Crippen molar-refractivity contribution in [3.05, 3.63) is 74.3 Å². The minimum absolute atomic E-state index is 0.0540. The third-order valence-electron chi connectivity index (χ3n) is 4.72. The van der Waals surface area contributed by atoms with Crippen molar-refractivity contribution >= 4 is 29.1 Å². The van der Waals surface area contributed by atoms with Crippen molar-refractivity contribution < 1.29 is 27.7 Å². The molecule has 1 unspecified atom stereocenters. The first kappa shape index (κ1) is 25.1. The first-order chi connectivity index (χ1) is 14.8. The number of carbonyl (C=O) groups is 2. The molecule has 0 radical (unpaired) electrons. The van der Waals surface area contributed by atoms with Gasteiger partial charge in [0.2, 0.25) is 5.91 Å². The highest BCUT2D eigenvalue weighted by Crippen LogP contribution is 2.30. The Labute approximate surface area is 187 Å². The van der Waals surface area contributed by atoms with Crippen LogP contribution in [0.4, 0.5) is 18.9 Å². The molecule has 0 saturated carbocycles. The van der Waals surface area contributed by atoms with Crippen LogP contribution in [0.25, 0.3) is 0 Å². The van der Waals surface area contributed by atoms with Crippen LogP contribution in [0.15, 0.2) is 42.5 Å². The van der Waals surface area contributed by atoms with Crippen LogP contribution >= 0.6 is 11.6 Å². The van der Waals surface area contributed by atoms with Crippen LogP contribution in [0.3, 0.4) is 0 Å². The normalized spacial score (nSPS) is 13.4. The second kappa shape index (κ2) is 9.99. The molecule has 2 aromatic rings. The Balaban J connectivity index is 2.16. The zero-order valence-corrected chi connectivity index (χ0v) is 18.1. The highest BCUT2D eigenvalue weighted by molar-refractivity contribution is 6.34. The lowest BCUT2D eigenvalue weighted by atomic mass is 10.0. The Morgan fingerprint density at radius 2 is 1.72 bits per heavy atom. The zero-order valence-electron chi connectivity index (χ0n) is 17.4. The average molecular weight is 472 g/mol. The number of non-ortho nitro benzene ring substituents is 1. The summed E-state index contributed by atoms with van der Waals surface area (Å²) in [5.74, 6) is -1.69. The molecule has 0 aliphatic carbocycles. The quantitative estimate of drug-likeness (QED) is 0.443. The molecule has 11 heteroatoms. The number of alkyl halides is 3. The van der Waals surface area contributed by atoms with Crippen molar-refractivity contribution in [3.8, 4) is 0 Å². The lowest BCUT2D eigenvalue weighted by molar-refractivity contribution is -0.384. The van der Waals surface area contributed by atoms with Gasteiger partial charge in [0.25, 0.3) is 11.6 Å². The molecule has 0 bridgehead atoms. The summed E-state index contributed by atoms with van der Waals surface area (Å²) in [5, 5.41) is 15.8. The van der Waals surface area contributed by atoms with Gasteiger partial charge in [-0.3, -0.25) is 19.7 Å². The van der Waals surface area contributed by atoms with E-state index >= 15 is 0 Å². The number of nitrogens with zero attached hydrogens (tertiary/aromatic N) is 1. The van der Waals surface area contributed by atoms with Crippen molar-refractivity contribution in [2.24, 2.45) is 5.92 Å². The van der Waals surface area contributed by atoms with Gasteiger partial charge in [-0.25, -0.2) is 0 Å². The maximum Gasteiger partial charge on any atom is 0.416 e. The van der Waals surface area contributed by atoms with Gasteiger partial charge < -0.3 is 10.6 Å². The van der Waals surface area contributed by atoms with Gasteiger partial charge in [0, 0.05) is 12.1 Å². The molecule has 0 saturated heterocycles. The van der Waals surface area contributed by atoms with Gasteiger partial charge in [0.1, 0.15) is 6.04 Å². The van der Waals surface area contributed by atoms with Crippen LogP contribution in [-0.4, -0.2) is 22.8 Å². The molecule has 0 aliphatic heterocycles. The van der Waals surface area contributed by atoms with Crippen LogP contribution in [0.2, 0.25) is 5.02 Å². The second-order valence-electron chi connectivity index (χ2n) is 7.47. The van der Waals surface area contributed by atoms with Crippen molar-refractivity contribution in [2.45, 2.75) is 39.0 Å². The van der Waals surface area contributed by atoms with Crippen LogP contribution in [0, 0.1) is 16.0 Å². The van der Waals surface area contributed by atoms with Gasteiger partial charge >= 0.3 is 6.18 Å². The molecule has 0 aliphatic rings. The van der Waals surface area contributed by atoms with E-state index in [9.17, 15) is 32.9 Å². The predicted molar refractivity (Wildman–Crippen MR) is 112 cm³/mol. The van der Waals surface area contributed by atoms with E-state index in [-0.39, 0.29) is 27.8 Å². The number of hydrogen-bond donors (Lipinski definition) is 2. The third-order valence-corrected chi connectivity index (χ3v) is 5.03. The minimum atomic E-state index is -4.52. The SMILES string of the molecule is CC(NC(=O)[C@@H](NC(=O)c1ccc([N+](=O)[O-])cc1Cl)C(C)C)c1cccc(C(F)(F)F)c1. The molecule has 2 rings (SSSR count). The molecular formula is C21H21ClF3N3O4. The maximum atomic E-state index is 13.0. The van der Waals surface area contributed by atoms with Crippen molar-refractivity contribution in [1.29, 1.82) is 0 Å². The first-order valence-electron chi connectivity index (χ1n) is 9.53. The fraction of sp³-hybridized carbons (Fsp3) is 0.333. The lowest BCUT2D eigenvalue weighted by Crippen LogP contribution is -2.50. The summed E-state index contributed by atoms with van der Waals surface area (Å²) in [6.07, 6.45) is -4.52. The van der Waals surface area contributed by atoms with Crippen molar-refractivity contribution in [2.75, 3.05) is 0 Å². The summed E-state index contributed by atoms with van der Waals surface area (Å²) in [7, 11) is 0. The predicted octanol–water partition coefficient (Wildman–Crippen LogP) is 4.90. The molecule has 2 atom stereocenters. The van der Waals surface area contributed by atoms with E-state index in [2.05, 4.69) is 10.6 Å². The summed E-state index contributed by atoms with van der Waals surface area (Å²) in [6, 6.07) is 6.12. The van der Waals surface area contributed by atoms with Crippen LogP contribution in [0.1, 0.15) is 48.3 Å². The molecule has 2 N–H and O–H groups in total. The molecule has 2 amide bonds. The Hall–Kier alpha value is -3.14. The summed E-state index contributed by atoms with van der Waals surface area (Å²) in [5.41, 5.74) is -0.931. The van der Waals surface area contributed by atoms with Gasteiger partial charge in [-0.15, -0.1) is 0 Å². The fourth-order valence-electron chi connectivity index (χ4n) is 2.93. The summed E-state index contributed by atoms with van der Waals surface area (Å²) >= 11 is 5.97. The summed E-state index contributed by atoms with van der Waals surface area (Å²) in [6.45, 7) is 4.88. The van der Waals surface area contributed by atoms with Gasteiger partial charge in [0.05, 0.1) is 27.1 Å². The van der Waals surface area contributed by atoms with Gasteiger partial charge in [-0.05, 0) is 36.6 Å². The van der Waals surface area contributed by atoms with E-state index in [0.29, 0.717) is 0 Å². The lowest BCUT2D eigenvalue weighted by Gasteiger charge is -2.24. The number of carbonyl (C=O) groups excluding carboxylic acids is 2. The molecule has 172 valence electrons. The average Bonchev–Trinajstić information content (AvgIpc) is 2.70. The molecule has 7 nitrogen and oxygen atoms in total. The third kappa shape index (κ3) is 6.19. The number of benzene rings is 2. The molecular weight excluding hydrogens is 451 g/mol. The smallest absolute Gasteiger partial charge is 0.348 e. The number of amides is 2. The number of nitro benzene ring substituents is 1. The molecule has 0 fully saturated rings. The summed E-state index contributed by atoms with van der Waals surface area (Å²) < 4.78 is 38.9. The molecule has 2 aromatic carbocycles. The topological polar surface area (TPSA) is 101 Å². The highest BCUT2D eigenvalue weighted by Gasteiger charge is 2.31. The monoisotopic (exact) mass is 471 g/mol. The number of nitrogens with one attached hydrogen (secondary N) is 2. The Morgan fingerprint density at radius 3 is 2.25 bits per heavy atom. The Morgan fingerprint density at radius 1 is 1.06 bits per heavy atom. The second-order valence-corrected chi connectivity index (χ2v) is 7.88. The molecule has 0 aromatic heterocycles.